The van der Waals surface area contributed by atoms with Gasteiger partial charge in [-0.15, -0.1) is 11.3 Å². The SMILES string of the molecule is CCc1sc(C2C(C#N)=C(N)N(c3ccccc3C)C3=C2C(=O)CC(C)(C)C3)cc1Br. The number of para-hydroxylation sites is 1. The van der Waals surface area contributed by atoms with Crippen LogP contribution >= 0.6 is 27.3 Å². The van der Waals surface area contributed by atoms with E-state index in [0.717, 1.165) is 44.7 Å². The molecule has 0 saturated heterocycles. The third-order valence-electron chi connectivity index (χ3n) is 6.12. The van der Waals surface area contributed by atoms with E-state index in [1.54, 1.807) is 11.3 Å². The minimum Gasteiger partial charge on any atom is -0.384 e. The fourth-order valence-electron chi connectivity index (χ4n) is 4.69. The lowest BCUT2D eigenvalue weighted by Crippen LogP contribution is -2.42. The van der Waals surface area contributed by atoms with E-state index in [4.69, 9.17) is 5.73 Å². The maximum atomic E-state index is 13.6. The highest BCUT2D eigenvalue weighted by Gasteiger charge is 2.45. The summed E-state index contributed by atoms with van der Waals surface area (Å²) in [7, 11) is 0. The third-order valence-corrected chi connectivity index (χ3v) is 8.43. The molecule has 0 amide bonds. The number of hydrogen-bond acceptors (Lipinski definition) is 5. The number of rotatable bonds is 3. The molecule has 0 radical (unpaired) electrons. The molecule has 160 valence electrons. The van der Waals surface area contributed by atoms with Crippen molar-refractivity contribution in [2.75, 3.05) is 4.90 Å². The molecule has 4 nitrogen and oxygen atoms in total. The largest absolute Gasteiger partial charge is 0.384 e. The summed E-state index contributed by atoms with van der Waals surface area (Å²) in [4.78, 5) is 17.7. The maximum absolute atomic E-state index is 13.6. The Morgan fingerprint density at radius 2 is 2.03 bits per heavy atom. The van der Waals surface area contributed by atoms with E-state index in [9.17, 15) is 10.1 Å². The van der Waals surface area contributed by atoms with E-state index in [-0.39, 0.29) is 11.2 Å². The fraction of sp³-hybridized carbons (Fsp3) is 0.360. The number of aryl methyl sites for hydroxylation is 2. The Bertz CT molecular complexity index is 1180. The van der Waals surface area contributed by atoms with E-state index in [2.05, 4.69) is 48.8 Å². The Morgan fingerprint density at radius 1 is 1.32 bits per heavy atom. The highest BCUT2D eigenvalue weighted by atomic mass is 79.9. The smallest absolute Gasteiger partial charge is 0.162 e. The first-order valence-corrected chi connectivity index (χ1v) is 12.1. The van der Waals surface area contributed by atoms with Crippen LogP contribution in [0.2, 0.25) is 0 Å². The van der Waals surface area contributed by atoms with Gasteiger partial charge in [-0.25, -0.2) is 0 Å². The van der Waals surface area contributed by atoms with Crippen LogP contribution in [0.15, 0.2) is 57.5 Å². The molecule has 0 spiro atoms. The molecule has 0 saturated carbocycles. The third kappa shape index (κ3) is 3.64. The van der Waals surface area contributed by atoms with Crippen LogP contribution in [-0.4, -0.2) is 5.78 Å². The van der Waals surface area contributed by atoms with Gasteiger partial charge >= 0.3 is 0 Å². The van der Waals surface area contributed by atoms with Crippen molar-refractivity contribution in [1.29, 1.82) is 5.26 Å². The van der Waals surface area contributed by atoms with Gasteiger partial charge in [-0.3, -0.25) is 9.69 Å². The lowest BCUT2D eigenvalue weighted by Gasteiger charge is -2.43. The molecular weight excluding hydrogens is 470 g/mol. The first kappa shape index (κ1) is 21.9. The summed E-state index contributed by atoms with van der Waals surface area (Å²) in [6.07, 6.45) is 2.09. The molecule has 6 heteroatoms. The molecular formula is C25H26BrN3OS. The number of carbonyl (C=O) groups is 1. The zero-order valence-corrected chi connectivity index (χ0v) is 20.7. The Kier molecular flexibility index (Phi) is 5.61. The van der Waals surface area contributed by atoms with Crippen molar-refractivity contribution in [3.63, 3.8) is 0 Å². The molecule has 2 heterocycles. The number of benzene rings is 1. The van der Waals surface area contributed by atoms with Gasteiger partial charge in [0.1, 0.15) is 5.82 Å². The standard InChI is InChI=1S/C25H26BrN3OS/c1-5-20-16(26)10-21(31-20)22-15(13-27)24(28)29(17-9-7-6-8-14(17)2)18-11-25(3,4)12-19(30)23(18)22/h6-10,22H,5,11-12,28H2,1-4H3. The normalized spacial score (nSPS) is 20.7. The van der Waals surface area contributed by atoms with Gasteiger partial charge in [0.05, 0.1) is 23.2 Å². The summed E-state index contributed by atoms with van der Waals surface area (Å²) >= 11 is 5.30. The number of anilines is 1. The van der Waals surface area contributed by atoms with E-state index in [1.165, 1.54) is 4.88 Å². The number of Topliss-reactive ketones (excluding diaryl/α,β-unsaturated/α-hetero) is 1. The molecule has 0 fully saturated rings. The van der Waals surface area contributed by atoms with E-state index in [0.29, 0.717) is 17.8 Å². The molecule has 4 rings (SSSR count). The molecule has 0 bridgehead atoms. The average Bonchev–Trinajstić information content (AvgIpc) is 3.07. The lowest BCUT2D eigenvalue weighted by atomic mass is 9.69. The zero-order chi connectivity index (χ0) is 22.5. The van der Waals surface area contributed by atoms with Gasteiger partial charge < -0.3 is 5.73 Å². The van der Waals surface area contributed by atoms with Crippen LogP contribution in [0, 0.1) is 23.7 Å². The number of nitriles is 1. The number of halogens is 1. The number of ketones is 1. The van der Waals surface area contributed by atoms with Crippen molar-refractivity contribution in [3.8, 4) is 6.07 Å². The molecule has 31 heavy (non-hydrogen) atoms. The van der Waals surface area contributed by atoms with Crippen molar-refractivity contribution in [2.45, 2.75) is 52.9 Å². The lowest BCUT2D eigenvalue weighted by molar-refractivity contribution is -0.118. The number of thiophene rings is 1. The molecule has 1 unspecified atom stereocenters. The van der Waals surface area contributed by atoms with Gasteiger partial charge in [0.25, 0.3) is 0 Å². The minimum absolute atomic E-state index is 0.109. The number of hydrogen-bond donors (Lipinski definition) is 1. The Hall–Kier alpha value is -2.36. The van der Waals surface area contributed by atoms with Crippen LogP contribution in [0.25, 0.3) is 0 Å². The summed E-state index contributed by atoms with van der Waals surface area (Å²) in [5.41, 5.74) is 10.6. The molecule has 1 aliphatic carbocycles. The van der Waals surface area contributed by atoms with Gasteiger partial charge in [-0.2, -0.15) is 5.26 Å². The monoisotopic (exact) mass is 495 g/mol. The predicted molar refractivity (Wildman–Crippen MR) is 130 cm³/mol. The van der Waals surface area contributed by atoms with Crippen LogP contribution < -0.4 is 10.6 Å². The van der Waals surface area contributed by atoms with Crippen LogP contribution in [0.5, 0.6) is 0 Å². The molecule has 1 aromatic carbocycles. The van der Waals surface area contributed by atoms with Gasteiger partial charge in [-0.1, -0.05) is 39.0 Å². The van der Waals surface area contributed by atoms with Crippen LogP contribution in [-0.2, 0) is 11.2 Å². The second kappa shape index (κ2) is 7.96. The van der Waals surface area contributed by atoms with Gasteiger partial charge in [0, 0.05) is 31.9 Å². The van der Waals surface area contributed by atoms with E-state index >= 15 is 0 Å². The van der Waals surface area contributed by atoms with Crippen molar-refractivity contribution in [3.05, 3.63) is 72.8 Å². The van der Waals surface area contributed by atoms with Gasteiger partial charge in [0.15, 0.2) is 5.78 Å². The van der Waals surface area contributed by atoms with Crippen molar-refractivity contribution < 1.29 is 4.79 Å². The van der Waals surface area contributed by atoms with Gasteiger partial charge in [-0.05, 0) is 58.8 Å². The number of nitrogens with two attached hydrogens (primary N) is 1. The van der Waals surface area contributed by atoms with Crippen molar-refractivity contribution in [2.24, 2.45) is 11.1 Å². The average molecular weight is 496 g/mol. The van der Waals surface area contributed by atoms with Crippen LogP contribution in [0.1, 0.15) is 54.8 Å². The first-order valence-electron chi connectivity index (χ1n) is 10.5. The summed E-state index contributed by atoms with van der Waals surface area (Å²) in [6.45, 7) is 8.38. The van der Waals surface area contributed by atoms with E-state index in [1.807, 2.05) is 36.1 Å². The maximum Gasteiger partial charge on any atom is 0.162 e. The molecule has 2 aliphatic rings. The summed E-state index contributed by atoms with van der Waals surface area (Å²) < 4.78 is 1.03. The van der Waals surface area contributed by atoms with Crippen molar-refractivity contribution in [1.82, 2.24) is 0 Å². The van der Waals surface area contributed by atoms with Crippen LogP contribution in [0.4, 0.5) is 5.69 Å². The Morgan fingerprint density at radius 3 is 2.65 bits per heavy atom. The summed E-state index contributed by atoms with van der Waals surface area (Å²) in [5.74, 6) is 0.122. The highest BCUT2D eigenvalue weighted by molar-refractivity contribution is 9.10. The van der Waals surface area contributed by atoms with Crippen LogP contribution in [0.3, 0.4) is 0 Å². The number of nitrogens with zero attached hydrogens (tertiary/aromatic N) is 2. The predicted octanol–water partition coefficient (Wildman–Crippen LogP) is 6.32. The quantitative estimate of drug-likeness (QED) is 0.540. The molecule has 1 aliphatic heterocycles. The molecule has 2 aromatic rings. The molecule has 2 N–H and O–H groups in total. The number of allylic oxidation sites excluding steroid dienone is 3. The second-order valence-corrected chi connectivity index (χ2v) is 11.1. The zero-order valence-electron chi connectivity index (χ0n) is 18.3. The molecule has 1 atom stereocenters. The van der Waals surface area contributed by atoms with Crippen molar-refractivity contribution >= 4 is 38.7 Å². The Balaban J connectivity index is 2.02. The second-order valence-electron chi connectivity index (χ2n) is 9.04. The van der Waals surface area contributed by atoms with E-state index < -0.39 is 5.92 Å². The summed E-state index contributed by atoms with van der Waals surface area (Å²) in [6, 6.07) is 12.4. The fourth-order valence-corrected chi connectivity index (χ4v) is 6.73. The molecule has 1 aromatic heterocycles. The minimum atomic E-state index is -0.412. The Labute approximate surface area is 196 Å². The first-order chi connectivity index (χ1) is 14.7. The topological polar surface area (TPSA) is 70.1 Å². The highest BCUT2D eigenvalue weighted by Crippen LogP contribution is 2.52. The summed E-state index contributed by atoms with van der Waals surface area (Å²) in [5, 5.41) is 10.2. The number of carbonyl (C=O) groups excluding carboxylic acids is 1. The van der Waals surface area contributed by atoms with Gasteiger partial charge in [0.2, 0.25) is 0 Å².